The molecule has 2 rings (SSSR count). The molecular weight excluding hydrogens is 250 g/mol. The SMILES string of the molecule is CC/C(=C/Cn1ccc2cccc(Cl)c21)C(=O)O. The van der Waals surface area contributed by atoms with Crippen molar-refractivity contribution in [3.8, 4) is 0 Å². The fourth-order valence-corrected chi connectivity index (χ4v) is 2.25. The lowest BCUT2D eigenvalue weighted by Gasteiger charge is -2.04. The van der Waals surface area contributed by atoms with Crippen molar-refractivity contribution in [2.45, 2.75) is 19.9 Å². The number of para-hydroxylation sites is 1. The van der Waals surface area contributed by atoms with Crippen LogP contribution in [0, 0.1) is 0 Å². The number of carboxylic acid groups (broad SMARTS) is 1. The van der Waals surface area contributed by atoms with Gasteiger partial charge in [-0.05, 0) is 18.6 Å². The molecule has 4 heteroatoms. The van der Waals surface area contributed by atoms with Crippen molar-refractivity contribution >= 4 is 28.5 Å². The maximum absolute atomic E-state index is 10.9. The van der Waals surface area contributed by atoms with Gasteiger partial charge in [-0.2, -0.15) is 0 Å². The van der Waals surface area contributed by atoms with Gasteiger partial charge in [0, 0.05) is 23.7 Å². The molecule has 0 atom stereocenters. The van der Waals surface area contributed by atoms with E-state index >= 15 is 0 Å². The average molecular weight is 264 g/mol. The highest BCUT2D eigenvalue weighted by atomic mass is 35.5. The number of aromatic nitrogens is 1. The molecule has 0 saturated carbocycles. The van der Waals surface area contributed by atoms with Gasteiger partial charge < -0.3 is 9.67 Å². The predicted octanol–water partition coefficient (Wildman–Crippen LogP) is 3.72. The minimum Gasteiger partial charge on any atom is -0.478 e. The number of benzene rings is 1. The van der Waals surface area contributed by atoms with Crippen LogP contribution in [0.3, 0.4) is 0 Å². The molecule has 0 bridgehead atoms. The van der Waals surface area contributed by atoms with E-state index in [4.69, 9.17) is 16.7 Å². The van der Waals surface area contributed by atoms with Crippen molar-refractivity contribution in [2.75, 3.05) is 0 Å². The van der Waals surface area contributed by atoms with Gasteiger partial charge in [-0.25, -0.2) is 4.79 Å². The lowest BCUT2D eigenvalue weighted by atomic mass is 10.2. The molecule has 1 aromatic carbocycles. The zero-order valence-corrected chi connectivity index (χ0v) is 10.8. The molecule has 0 saturated heterocycles. The first kappa shape index (κ1) is 12.7. The van der Waals surface area contributed by atoms with Gasteiger partial charge >= 0.3 is 5.97 Å². The summed E-state index contributed by atoms with van der Waals surface area (Å²) < 4.78 is 1.95. The van der Waals surface area contributed by atoms with Crippen LogP contribution >= 0.6 is 11.6 Å². The molecule has 2 aromatic rings. The standard InChI is InChI=1S/C14H14ClNO2/c1-2-10(14(17)18)6-8-16-9-7-11-4-3-5-12(15)13(11)16/h3-7,9H,2,8H2,1H3,(H,17,18)/b10-6-. The van der Waals surface area contributed by atoms with Gasteiger partial charge in [0.2, 0.25) is 0 Å². The smallest absolute Gasteiger partial charge is 0.331 e. The molecule has 1 heterocycles. The molecule has 0 unspecified atom stereocenters. The molecule has 94 valence electrons. The number of allylic oxidation sites excluding steroid dienone is 1. The Kier molecular flexibility index (Phi) is 3.72. The van der Waals surface area contributed by atoms with Crippen LogP contribution in [0.15, 0.2) is 42.1 Å². The number of rotatable bonds is 4. The van der Waals surface area contributed by atoms with Crippen LogP contribution in [0.1, 0.15) is 13.3 Å². The summed E-state index contributed by atoms with van der Waals surface area (Å²) in [6.45, 7) is 2.35. The summed E-state index contributed by atoms with van der Waals surface area (Å²) in [5.74, 6) is -0.861. The highest BCUT2D eigenvalue weighted by molar-refractivity contribution is 6.35. The first-order chi connectivity index (χ1) is 8.63. The van der Waals surface area contributed by atoms with Gasteiger partial charge in [0.05, 0.1) is 10.5 Å². The molecule has 0 fully saturated rings. The molecule has 0 aliphatic heterocycles. The van der Waals surface area contributed by atoms with Gasteiger partial charge in [0.25, 0.3) is 0 Å². The van der Waals surface area contributed by atoms with Crippen molar-refractivity contribution in [1.29, 1.82) is 0 Å². The quantitative estimate of drug-likeness (QED) is 0.855. The van der Waals surface area contributed by atoms with Gasteiger partial charge in [0.15, 0.2) is 0 Å². The zero-order valence-electron chi connectivity index (χ0n) is 10.1. The Morgan fingerprint density at radius 1 is 1.44 bits per heavy atom. The maximum atomic E-state index is 10.9. The van der Waals surface area contributed by atoms with Gasteiger partial charge in [-0.15, -0.1) is 0 Å². The van der Waals surface area contributed by atoms with E-state index in [0.717, 1.165) is 10.9 Å². The van der Waals surface area contributed by atoms with Crippen LogP contribution in [0.5, 0.6) is 0 Å². The molecule has 0 aliphatic rings. The van der Waals surface area contributed by atoms with Crippen LogP contribution in [0.4, 0.5) is 0 Å². The Morgan fingerprint density at radius 3 is 2.89 bits per heavy atom. The number of halogens is 1. The Balaban J connectivity index is 2.36. The summed E-state index contributed by atoms with van der Waals surface area (Å²) in [5, 5.41) is 10.7. The first-order valence-electron chi connectivity index (χ1n) is 5.79. The van der Waals surface area contributed by atoms with Crippen LogP contribution in [-0.2, 0) is 11.3 Å². The molecule has 0 amide bonds. The molecular formula is C14H14ClNO2. The van der Waals surface area contributed by atoms with E-state index in [1.807, 2.05) is 42.0 Å². The van der Waals surface area contributed by atoms with Crippen LogP contribution < -0.4 is 0 Å². The van der Waals surface area contributed by atoms with Crippen LogP contribution in [0.2, 0.25) is 5.02 Å². The molecule has 0 spiro atoms. The number of fused-ring (bicyclic) bond motifs is 1. The third-order valence-corrected chi connectivity index (χ3v) is 3.23. The third-order valence-electron chi connectivity index (χ3n) is 2.93. The highest BCUT2D eigenvalue weighted by Gasteiger charge is 2.06. The molecule has 3 nitrogen and oxygen atoms in total. The Morgan fingerprint density at radius 2 is 2.22 bits per heavy atom. The van der Waals surface area contributed by atoms with Crippen LogP contribution in [-0.4, -0.2) is 15.6 Å². The van der Waals surface area contributed by atoms with Crippen molar-refractivity contribution < 1.29 is 9.90 Å². The summed E-state index contributed by atoms with van der Waals surface area (Å²) >= 11 is 6.16. The van der Waals surface area contributed by atoms with Crippen molar-refractivity contribution in [3.63, 3.8) is 0 Å². The van der Waals surface area contributed by atoms with E-state index in [1.165, 1.54) is 0 Å². The maximum Gasteiger partial charge on any atom is 0.331 e. The van der Waals surface area contributed by atoms with E-state index in [9.17, 15) is 4.79 Å². The Labute approximate surface area is 110 Å². The first-order valence-corrected chi connectivity index (χ1v) is 6.17. The van der Waals surface area contributed by atoms with E-state index < -0.39 is 5.97 Å². The summed E-state index contributed by atoms with van der Waals surface area (Å²) in [5.41, 5.74) is 1.36. The summed E-state index contributed by atoms with van der Waals surface area (Å²) in [6.07, 6.45) is 4.16. The number of hydrogen-bond acceptors (Lipinski definition) is 1. The van der Waals surface area contributed by atoms with Crippen molar-refractivity contribution in [1.82, 2.24) is 4.57 Å². The second-order valence-electron chi connectivity index (χ2n) is 4.03. The van der Waals surface area contributed by atoms with Crippen molar-refractivity contribution in [2.24, 2.45) is 0 Å². The van der Waals surface area contributed by atoms with Gasteiger partial charge in [0.1, 0.15) is 0 Å². The monoisotopic (exact) mass is 263 g/mol. The summed E-state index contributed by atoms with van der Waals surface area (Å²) in [4.78, 5) is 10.9. The largest absolute Gasteiger partial charge is 0.478 e. The van der Waals surface area contributed by atoms with E-state index in [2.05, 4.69) is 0 Å². The minimum atomic E-state index is -0.861. The number of hydrogen-bond donors (Lipinski definition) is 1. The van der Waals surface area contributed by atoms with Crippen LogP contribution in [0.25, 0.3) is 10.9 Å². The lowest BCUT2D eigenvalue weighted by Crippen LogP contribution is -2.02. The topological polar surface area (TPSA) is 42.2 Å². The zero-order chi connectivity index (χ0) is 13.1. The number of carboxylic acids is 1. The average Bonchev–Trinajstić information content (AvgIpc) is 2.74. The van der Waals surface area contributed by atoms with E-state index in [0.29, 0.717) is 23.6 Å². The Hall–Kier alpha value is -1.74. The number of aliphatic carboxylic acids is 1. The van der Waals surface area contributed by atoms with Gasteiger partial charge in [-0.3, -0.25) is 0 Å². The molecule has 18 heavy (non-hydrogen) atoms. The summed E-state index contributed by atoms with van der Waals surface area (Å²) in [7, 11) is 0. The molecule has 0 radical (unpaired) electrons. The van der Waals surface area contributed by atoms with E-state index in [1.54, 1.807) is 6.08 Å². The molecule has 1 N–H and O–H groups in total. The minimum absolute atomic E-state index is 0.420. The second kappa shape index (κ2) is 5.27. The van der Waals surface area contributed by atoms with Gasteiger partial charge in [-0.1, -0.05) is 36.7 Å². The lowest BCUT2D eigenvalue weighted by molar-refractivity contribution is -0.132. The summed E-state index contributed by atoms with van der Waals surface area (Å²) in [6, 6.07) is 7.70. The third kappa shape index (κ3) is 2.41. The highest BCUT2D eigenvalue weighted by Crippen LogP contribution is 2.24. The molecule has 0 aliphatic carbocycles. The second-order valence-corrected chi connectivity index (χ2v) is 4.44. The van der Waals surface area contributed by atoms with Crippen molar-refractivity contribution in [3.05, 3.63) is 47.1 Å². The normalized spacial score (nSPS) is 12.0. The fraction of sp³-hybridized carbons (Fsp3) is 0.214. The number of nitrogens with zero attached hydrogens (tertiary/aromatic N) is 1. The Bertz CT molecular complexity index is 613. The molecule has 1 aromatic heterocycles. The fourth-order valence-electron chi connectivity index (χ4n) is 1.96. The predicted molar refractivity (Wildman–Crippen MR) is 73.0 cm³/mol. The number of carbonyl (C=O) groups is 1. The van der Waals surface area contributed by atoms with E-state index in [-0.39, 0.29) is 0 Å².